The largest absolute Gasteiger partial charge is 0.315 e. The van der Waals surface area contributed by atoms with Gasteiger partial charge in [-0.1, -0.05) is 20.8 Å². The first-order chi connectivity index (χ1) is 7.49. The summed E-state index contributed by atoms with van der Waals surface area (Å²) in [4.78, 5) is 2.62. The van der Waals surface area contributed by atoms with Crippen LogP contribution in [0.2, 0.25) is 0 Å². The molecule has 16 heavy (non-hydrogen) atoms. The molecule has 1 atom stereocenters. The van der Waals surface area contributed by atoms with E-state index in [-0.39, 0.29) is 0 Å². The van der Waals surface area contributed by atoms with Crippen molar-refractivity contribution in [2.24, 2.45) is 0 Å². The van der Waals surface area contributed by atoms with Crippen LogP contribution in [0.15, 0.2) is 0 Å². The van der Waals surface area contributed by atoms with Crippen LogP contribution in [0.4, 0.5) is 0 Å². The maximum Gasteiger partial charge on any atom is 0.00701 e. The predicted molar refractivity (Wildman–Crippen MR) is 74.0 cm³/mol. The van der Waals surface area contributed by atoms with E-state index < -0.39 is 0 Å². The molecule has 0 aromatic rings. The number of nitrogens with zero attached hydrogens (tertiary/aromatic N) is 1. The smallest absolute Gasteiger partial charge is 0.00701 e. The quantitative estimate of drug-likeness (QED) is 0.609. The van der Waals surface area contributed by atoms with Crippen LogP contribution in [0.3, 0.4) is 0 Å². The Bertz CT molecular complexity index is 155. The van der Waals surface area contributed by atoms with Gasteiger partial charge >= 0.3 is 0 Å². The highest BCUT2D eigenvalue weighted by Crippen LogP contribution is 2.11. The van der Waals surface area contributed by atoms with Gasteiger partial charge in [0.15, 0.2) is 0 Å². The highest BCUT2D eigenvalue weighted by atomic mass is 15.2. The van der Waals surface area contributed by atoms with Gasteiger partial charge in [0, 0.05) is 18.1 Å². The van der Waals surface area contributed by atoms with Gasteiger partial charge in [-0.2, -0.15) is 0 Å². The van der Waals surface area contributed by atoms with Gasteiger partial charge in [-0.15, -0.1) is 0 Å². The number of hydrogen-bond acceptors (Lipinski definition) is 2. The number of rotatable bonds is 9. The molecule has 0 aliphatic heterocycles. The van der Waals surface area contributed by atoms with E-state index in [9.17, 15) is 0 Å². The predicted octanol–water partition coefficient (Wildman–Crippen LogP) is 3.27. The Morgan fingerprint density at radius 2 is 1.69 bits per heavy atom. The Morgan fingerprint density at radius 1 is 1.06 bits per heavy atom. The lowest BCUT2D eigenvalue weighted by atomic mass is 10.1. The summed E-state index contributed by atoms with van der Waals surface area (Å²) in [6.45, 7) is 16.0. The van der Waals surface area contributed by atoms with E-state index in [1.807, 2.05) is 0 Å². The van der Waals surface area contributed by atoms with Crippen molar-refractivity contribution in [1.82, 2.24) is 10.2 Å². The second kappa shape index (κ2) is 9.00. The average molecular weight is 228 g/mol. The normalized spacial score (nSPS) is 14.1. The molecule has 0 heterocycles. The zero-order valence-electron chi connectivity index (χ0n) is 12.2. The zero-order valence-corrected chi connectivity index (χ0v) is 12.2. The Hall–Kier alpha value is -0.0800. The lowest BCUT2D eigenvalue weighted by Crippen LogP contribution is -2.39. The first-order valence-corrected chi connectivity index (χ1v) is 6.98. The lowest BCUT2D eigenvalue weighted by molar-refractivity contribution is 0.154. The summed E-state index contributed by atoms with van der Waals surface area (Å²) in [6.07, 6.45) is 3.84. The molecule has 0 radical (unpaired) electrons. The maximum atomic E-state index is 3.48. The van der Waals surface area contributed by atoms with Gasteiger partial charge in [0.2, 0.25) is 0 Å². The minimum Gasteiger partial charge on any atom is -0.315 e. The summed E-state index contributed by atoms with van der Waals surface area (Å²) in [5.74, 6) is 0. The minimum absolute atomic E-state index is 0.618. The lowest BCUT2D eigenvalue weighted by Gasteiger charge is -2.32. The molecule has 0 rings (SSSR count). The molecule has 0 aromatic heterocycles. The van der Waals surface area contributed by atoms with E-state index in [2.05, 4.69) is 51.8 Å². The molecule has 1 unspecified atom stereocenters. The highest BCUT2D eigenvalue weighted by Gasteiger charge is 2.15. The fourth-order valence-corrected chi connectivity index (χ4v) is 2.20. The van der Waals surface area contributed by atoms with Gasteiger partial charge < -0.3 is 5.32 Å². The Morgan fingerprint density at radius 3 is 2.12 bits per heavy atom. The van der Waals surface area contributed by atoms with Crippen LogP contribution in [0.5, 0.6) is 0 Å². The molecule has 0 saturated carbocycles. The first kappa shape index (κ1) is 15.9. The van der Waals surface area contributed by atoms with Crippen LogP contribution in [-0.2, 0) is 0 Å². The molecule has 98 valence electrons. The van der Waals surface area contributed by atoms with E-state index in [1.54, 1.807) is 0 Å². The third kappa shape index (κ3) is 7.24. The van der Waals surface area contributed by atoms with E-state index in [0.29, 0.717) is 18.1 Å². The molecule has 0 aromatic carbocycles. The Labute approximate surface area is 103 Å². The third-order valence-corrected chi connectivity index (χ3v) is 3.06. The van der Waals surface area contributed by atoms with Crippen LogP contribution in [-0.4, -0.2) is 36.1 Å². The zero-order chi connectivity index (χ0) is 12.6. The van der Waals surface area contributed by atoms with Crippen LogP contribution in [0.25, 0.3) is 0 Å². The van der Waals surface area contributed by atoms with Crippen molar-refractivity contribution in [2.75, 3.05) is 13.1 Å². The number of hydrogen-bond donors (Lipinski definition) is 1. The van der Waals surface area contributed by atoms with Crippen LogP contribution in [0, 0.1) is 0 Å². The van der Waals surface area contributed by atoms with Gasteiger partial charge in [0.05, 0.1) is 0 Å². The van der Waals surface area contributed by atoms with Crippen molar-refractivity contribution in [2.45, 2.75) is 78.9 Å². The minimum atomic E-state index is 0.618. The van der Waals surface area contributed by atoms with E-state index in [0.717, 1.165) is 6.54 Å². The Kier molecular flexibility index (Phi) is 8.96. The third-order valence-electron chi connectivity index (χ3n) is 3.06. The molecule has 0 spiro atoms. The highest BCUT2D eigenvalue weighted by molar-refractivity contribution is 4.71. The molecule has 0 fully saturated rings. The molecular weight excluding hydrogens is 196 g/mol. The van der Waals surface area contributed by atoms with Crippen molar-refractivity contribution >= 4 is 0 Å². The molecule has 0 aliphatic carbocycles. The topological polar surface area (TPSA) is 15.3 Å². The maximum absolute atomic E-state index is 3.48. The fraction of sp³-hybridized carbons (Fsp3) is 1.00. The molecular formula is C14H32N2. The van der Waals surface area contributed by atoms with Gasteiger partial charge in [-0.3, -0.25) is 4.90 Å². The first-order valence-electron chi connectivity index (χ1n) is 6.98. The summed E-state index contributed by atoms with van der Waals surface area (Å²) in [6, 6.07) is 2.01. The molecule has 0 aliphatic rings. The van der Waals surface area contributed by atoms with E-state index in [1.165, 1.54) is 25.8 Å². The summed E-state index contributed by atoms with van der Waals surface area (Å²) in [5.41, 5.74) is 0. The molecule has 1 N–H and O–H groups in total. The van der Waals surface area contributed by atoms with Crippen molar-refractivity contribution < 1.29 is 0 Å². The SMILES string of the molecule is CCCN(C(C)C)C(C)CCCNC(C)C. The average Bonchev–Trinajstić information content (AvgIpc) is 2.19. The summed E-state index contributed by atoms with van der Waals surface area (Å²) >= 11 is 0. The van der Waals surface area contributed by atoms with E-state index >= 15 is 0 Å². The molecule has 2 heteroatoms. The fourth-order valence-electron chi connectivity index (χ4n) is 2.20. The molecule has 0 amide bonds. The molecule has 0 saturated heterocycles. The van der Waals surface area contributed by atoms with Gasteiger partial charge in [-0.25, -0.2) is 0 Å². The summed E-state index contributed by atoms with van der Waals surface area (Å²) < 4.78 is 0. The van der Waals surface area contributed by atoms with Crippen molar-refractivity contribution in [1.29, 1.82) is 0 Å². The van der Waals surface area contributed by atoms with Crippen molar-refractivity contribution in [3.63, 3.8) is 0 Å². The second-order valence-electron chi connectivity index (χ2n) is 5.43. The standard InChI is InChI=1S/C14H32N2/c1-7-11-16(13(4)5)14(6)9-8-10-15-12(2)3/h12-15H,7-11H2,1-6H3. The van der Waals surface area contributed by atoms with Crippen molar-refractivity contribution in [3.05, 3.63) is 0 Å². The summed E-state index contributed by atoms with van der Waals surface area (Å²) in [5, 5.41) is 3.48. The van der Waals surface area contributed by atoms with Crippen LogP contribution >= 0.6 is 0 Å². The molecule has 0 bridgehead atoms. The summed E-state index contributed by atoms with van der Waals surface area (Å²) in [7, 11) is 0. The van der Waals surface area contributed by atoms with Gasteiger partial charge in [0.1, 0.15) is 0 Å². The van der Waals surface area contributed by atoms with Gasteiger partial charge in [-0.05, 0) is 53.1 Å². The molecule has 2 nitrogen and oxygen atoms in total. The monoisotopic (exact) mass is 228 g/mol. The number of nitrogens with one attached hydrogen (secondary N) is 1. The van der Waals surface area contributed by atoms with Crippen molar-refractivity contribution in [3.8, 4) is 0 Å². The second-order valence-corrected chi connectivity index (χ2v) is 5.43. The Balaban J connectivity index is 3.78. The van der Waals surface area contributed by atoms with Gasteiger partial charge in [0.25, 0.3) is 0 Å². The van der Waals surface area contributed by atoms with Crippen LogP contribution in [0.1, 0.15) is 60.8 Å². The van der Waals surface area contributed by atoms with E-state index in [4.69, 9.17) is 0 Å². The van der Waals surface area contributed by atoms with Crippen LogP contribution < -0.4 is 5.32 Å².